The van der Waals surface area contributed by atoms with Crippen LogP contribution in [0, 0.1) is 25.5 Å². The molecule has 0 spiro atoms. The molecule has 2 unspecified atom stereocenters. The number of benzene rings is 4. The Kier molecular flexibility index (Phi) is 14.8. The van der Waals surface area contributed by atoms with E-state index in [1.54, 1.807) is 90.5 Å². The van der Waals surface area contributed by atoms with E-state index in [0.29, 0.717) is 104 Å². The van der Waals surface area contributed by atoms with Gasteiger partial charge < -0.3 is 20.4 Å². The third-order valence-corrected chi connectivity index (χ3v) is 24.0. The van der Waals surface area contributed by atoms with Crippen molar-refractivity contribution < 1.29 is 44.8 Å². The molecule has 2 aliphatic heterocycles. The van der Waals surface area contributed by atoms with Crippen LogP contribution in [-0.2, 0) is 32.9 Å². The van der Waals surface area contributed by atoms with Crippen LogP contribution in [0.1, 0.15) is 136 Å². The molecule has 18 nitrogen and oxygen atoms in total. The molecule has 8 heterocycles. The highest BCUT2D eigenvalue weighted by molar-refractivity contribution is 7.90. The number of pyridine rings is 2. The van der Waals surface area contributed by atoms with Crippen molar-refractivity contribution in [2.24, 2.45) is 0 Å². The topological polar surface area (TPSA) is 229 Å². The zero-order chi connectivity index (χ0) is 64.4. The Morgan fingerprint density at radius 2 is 1.17 bits per heavy atom. The average molecular weight is 1320 g/mol. The van der Waals surface area contributed by atoms with E-state index in [9.17, 15) is 40.4 Å². The number of halogens is 2. The molecule has 93 heavy (non-hydrogen) atoms. The lowest BCUT2D eigenvalue weighted by Crippen LogP contribution is -2.33. The van der Waals surface area contributed by atoms with Crippen LogP contribution < -0.4 is 20.4 Å². The SMILES string of the molecule is CCS(=O)(=O)n1cc(-c2cccc(C(=O)N3CCc4cc(C(=O)Nc5c(C)cccc5F)sc4-c4ccccc43)n2)c(C2CC2c2cc(C)c(NC(=O)c3cc4c(s3)-c3ccccc3N(C(=O)c3cccc(-c5cnn(S(=O)(=O)C6CC6)c5C5CC5)n3)CC4)c(F)c2)n1. The first kappa shape index (κ1) is 59.9. The standard InChI is InChI=1S/C69H58F2N10O8S4/c1-4-92(86,87)80-36-49(53-17-11-19-55(74-53)69(85)79-29-27-40-32-58(90-64(40)45-14-6-8-21-57(45)79)66(82)75-60-37(2)12-9-15-50(60)70)62(77-80)47-34-46(47)42-30-38(3)61(51(71)31-42)76-67(83)59-33-41-26-28-78(56-20-7-5-13-44(56)65(41)91-59)68(84)54-18-10-16-52(73-54)48-35-72-81(63(48)39-22-23-39)93(88,89)43-24-25-43/h5-21,30-33,35-36,39,43,46-47H,4,22-29,34H2,1-3H3,(H,75,82)(H,76,83). The number of rotatable bonds is 15. The van der Waals surface area contributed by atoms with Crippen LogP contribution in [0.3, 0.4) is 0 Å². The van der Waals surface area contributed by atoms with Gasteiger partial charge in [-0.25, -0.2) is 35.6 Å². The van der Waals surface area contributed by atoms with Gasteiger partial charge in [0.05, 0.1) is 78.7 Å². The average Bonchev–Trinajstić information content (AvgIpc) is 1.62. The Morgan fingerprint density at radius 1 is 0.613 bits per heavy atom. The summed E-state index contributed by atoms with van der Waals surface area (Å²) >= 11 is 2.51. The molecule has 2 N–H and O–H groups in total. The van der Waals surface area contributed by atoms with Crippen LogP contribution >= 0.6 is 22.7 Å². The highest BCUT2D eigenvalue weighted by atomic mass is 32.2. The Bertz CT molecular complexity index is 5000. The van der Waals surface area contributed by atoms with Gasteiger partial charge in [0.2, 0.25) is 0 Å². The zero-order valence-electron chi connectivity index (χ0n) is 50.4. The zero-order valence-corrected chi connectivity index (χ0v) is 53.7. The molecule has 5 aliphatic rings. The predicted octanol–water partition coefficient (Wildman–Crippen LogP) is 13.2. The molecule has 15 rings (SSSR count). The highest BCUT2D eigenvalue weighted by Crippen LogP contribution is 2.57. The minimum absolute atomic E-state index is 0.00813. The van der Waals surface area contributed by atoms with E-state index in [4.69, 9.17) is 9.97 Å². The molecule has 6 aromatic heterocycles. The predicted molar refractivity (Wildman–Crippen MR) is 354 cm³/mol. The van der Waals surface area contributed by atoms with Gasteiger partial charge in [-0.2, -0.15) is 18.4 Å². The summed E-state index contributed by atoms with van der Waals surface area (Å²) in [5.74, 6) is -3.74. The van der Waals surface area contributed by atoms with Gasteiger partial charge in [0, 0.05) is 56.9 Å². The van der Waals surface area contributed by atoms with Crippen molar-refractivity contribution >= 4 is 89.1 Å². The van der Waals surface area contributed by atoms with Crippen molar-refractivity contribution in [3.05, 3.63) is 212 Å². The summed E-state index contributed by atoms with van der Waals surface area (Å²) < 4.78 is 87.2. The summed E-state index contributed by atoms with van der Waals surface area (Å²) in [6.07, 6.45) is 7.14. The number of carbonyl (C=O) groups excluding carboxylic acids is 4. The molecule has 4 aromatic carbocycles. The summed E-state index contributed by atoms with van der Waals surface area (Å²) in [4.78, 5) is 72.4. The van der Waals surface area contributed by atoms with Gasteiger partial charge in [-0.05, 0) is 160 Å². The summed E-state index contributed by atoms with van der Waals surface area (Å²) in [5.41, 5.74) is 9.29. The van der Waals surface area contributed by atoms with E-state index in [1.165, 1.54) is 52.0 Å². The number of aromatic nitrogens is 6. The van der Waals surface area contributed by atoms with Gasteiger partial charge in [0.15, 0.2) is 0 Å². The fraction of sp³-hybridized carbons (Fsp3) is 0.246. The van der Waals surface area contributed by atoms with E-state index in [1.807, 2.05) is 54.6 Å². The second-order valence-electron chi connectivity index (χ2n) is 24.2. The Hall–Kier alpha value is -9.36. The molecular formula is C69H58F2N10O8S4. The van der Waals surface area contributed by atoms with E-state index >= 15 is 4.39 Å². The van der Waals surface area contributed by atoms with Crippen molar-refractivity contribution in [3.8, 4) is 43.4 Å². The maximum absolute atomic E-state index is 16.6. The monoisotopic (exact) mass is 1320 g/mol. The number of fused-ring (bicyclic) bond motifs is 6. The number of hydrogen-bond donors (Lipinski definition) is 2. The third-order valence-electron chi connectivity index (χ3n) is 18.0. The second kappa shape index (κ2) is 23.0. The molecule has 3 aliphatic carbocycles. The quantitative estimate of drug-likeness (QED) is 0.0977. The number of anilines is 4. The fourth-order valence-electron chi connectivity index (χ4n) is 12.8. The highest BCUT2D eigenvalue weighted by Gasteiger charge is 2.45. The smallest absolute Gasteiger partial charge is 0.276 e. The van der Waals surface area contributed by atoms with Crippen molar-refractivity contribution in [2.75, 3.05) is 39.3 Å². The van der Waals surface area contributed by atoms with Crippen molar-refractivity contribution in [1.82, 2.24) is 28.3 Å². The van der Waals surface area contributed by atoms with Crippen LogP contribution in [0.25, 0.3) is 43.4 Å². The van der Waals surface area contributed by atoms with Gasteiger partial charge >= 0.3 is 0 Å². The second-order valence-corrected chi connectivity index (χ2v) is 30.4. The number of nitrogens with zero attached hydrogens (tertiary/aromatic N) is 8. The number of aryl methyl sites for hydroxylation is 2. The molecule has 0 saturated heterocycles. The van der Waals surface area contributed by atoms with Gasteiger partial charge in [0.1, 0.15) is 23.0 Å². The minimum atomic E-state index is -3.90. The van der Waals surface area contributed by atoms with Gasteiger partial charge in [0.25, 0.3) is 43.7 Å². The number of nitrogens with one attached hydrogen (secondary N) is 2. The third kappa shape index (κ3) is 10.8. The van der Waals surface area contributed by atoms with Crippen LogP contribution in [0.5, 0.6) is 0 Å². The number of carbonyl (C=O) groups is 4. The molecule has 24 heteroatoms. The maximum atomic E-state index is 16.6. The number of hydrogen-bond acceptors (Lipinski definition) is 14. The van der Waals surface area contributed by atoms with Crippen LogP contribution in [0.2, 0.25) is 0 Å². The van der Waals surface area contributed by atoms with Crippen molar-refractivity contribution in [3.63, 3.8) is 0 Å². The van der Waals surface area contributed by atoms with E-state index in [-0.39, 0.29) is 65.3 Å². The fourth-order valence-corrected chi connectivity index (χ4v) is 17.5. The molecular weight excluding hydrogens is 1260 g/mol. The van der Waals surface area contributed by atoms with Crippen LogP contribution in [-0.4, -0.2) is 92.9 Å². The Balaban J connectivity index is 0.650. The van der Waals surface area contributed by atoms with Gasteiger partial charge in [-0.1, -0.05) is 66.7 Å². The maximum Gasteiger partial charge on any atom is 0.276 e. The van der Waals surface area contributed by atoms with E-state index in [2.05, 4.69) is 20.8 Å². The number of para-hydroxylation sites is 3. The van der Waals surface area contributed by atoms with Gasteiger partial charge in [-0.3, -0.25) is 19.2 Å². The molecule has 470 valence electrons. The minimum Gasteiger partial charge on any atom is -0.319 e. The first-order chi connectivity index (χ1) is 44.8. The van der Waals surface area contributed by atoms with E-state index in [0.717, 1.165) is 48.9 Å². The molecule has 0 radical (unpaired) electrons. The molecule has 4 amide bonds. The number of thiophene rings is 2. The van der Waals surface area contributed by atoms with E-state index < -0.39 is 54.7 Å². The molecule has 10 aromatic rings. The lowest BCUT2D eigenvalue weighted by atomic mass is 10.0. The summed E-state index contributed by atoms with van der Waals surface area (Å²) in [7, 11) is -7.53. The van der Waals surface area contributed by atoms with Gasteiger partial charge in [-0.15, -0.1) is 22.7 Å². The molecule has 3 fully saturated rings. The molecule has 0 bridgehead atoms. The normalized spacial score (nSPS) is 16.7. The summed E-state index contributed by atoms with van der Waals surface area (Å²) in [5, 5.41) is 14.1. The van der Waals surface area contributed by atoms with Crippen molar-refractivity contribution in [2.45, 2.75) is 88.7 Å². The lowest BCUT2D eigenvalue weighted by molar-refractivity contribution is 0.0975. The largest absolute Gasteiger partial charge is 0.319 e. The molecule has 2 atom stereocenters. The summed E-state index contributed by atoms with van der Waals surface area (Å²) in [6.45, 7) is 5.44. The first-order valence-corrected chi connectivity index (χ1v) is 35.4. The number of amides is 4. The Morgan fingerprint density at radius 3 is 1.72 bits per heavy atom. The Labute approximate surface area is 542 Å². The first-order valence-electron chi connectivity index (χ1n) is 30.7. The lowest BCUT2D eigenvalue weighted by Gasteiger charge is -2.23. The van der Waals surface area contributed by atoms with Crippen molar-refractivity contribution in [1.29, 1.82) is 0 Å². The van der Waals surface area contributed by atoms with Crippen LogP contribution in [0.15, 0.2) is 140 Å². The molecule has 3 saturated carbocycles. The van der Waals surface area contributed by atoms with Crippen LogP contribution in [0.4, 0.5) is 31.5 Å². The summed E-state index contributed by atoms with van der Waals surface area (Å²) in [6, 6.07) is 36.3.